The molecule has 0 radical (unpaired) electrons. The van der Waals surface area contributed by atoms with Crippen LogP contribution in [0.15, 0.2) is 54.7 Å². The molecule has 4 fully saturated rings. The van der Waals surface area contributed by atoms with Crippen LogP contribution in [0.4, 0.5) is 24.7 Å². The lowest BCUT2D eigenvalue weighted by Crippen LogP contribution is -2.58. The number of para-hydroxylation sites is 1. The number of carbonyl (C=O) groups excluding carboxylic acids is 3. The van der Waals surface area contributed by atoms with E-state index in [1.807, 2.05) is 24.3 Å². The van der Waals surface area contributed by atoms with Crippen LogP contribution in [0.25, 0.3) is 16.6 Å². The topological polar surface area (TPSA) is 160 Å². The average Bonchev–Trinajstić information content (AvgIpc) is 3.98. The second-order valence-electron chi connectivity index (χ2n) is 18.2. The number of anilines is 2. The Balaban J connectivity index is 0.710. The molecule has 4 aliphatic heterocycles. The maximum atomic E-state index is 15.4. The summed E-state index contributed by atoms with van der Waals surface area (Å²) in [6.07, 6.45) is 5.93. The summed E-state index contributed by atoms with van der Waals surface area (Å²) >= 11 is 0. The molecule has 0 bridgehead atoms. The maximum absolute atomic E-state index is 15.4. The van der Waals surface area contributed by atoms with Gasteiger partial charge in [-0.3, -0.25) is 34.0 Å². The molecule has 3 saturated heterocycles. The van der Waals surface area contributed by atoms with Crippen LogP contribution < -0.4 is 15.5 Å². The van der Waals surface area contributed by atoms with E-state index in [2.05, 4.69) is 59.5 Å². The van der Waals surface area contributed by atoms with Crippen LogP contribution in [0.3, 0.4) is 0 Å². The first-order valence-electron chi connectivity index (χ1n) is 22.4. The third kappa shape index (κ3) is 8.56. The van der Waals surface area contributed by atoms with Crippen LogP contribution in [0.1, 0.15) is 84.2 Å². The number of rotatable bonds is 11. The van der Waals surface area contributed by atoms with Crippen LogP contribution in [0, 0.1) is 29.6 Å². The minimum absolute atomic E-state index is 0.00657. The van der Waals surface area contributed by atoms with Gasteiger partial charge in [0.15, 0.2) is 17.5 Å². The number of amides is 3. The number of alkyl halides is 3. The quantitative estimate of drug-likeness (QED) is 0.138. The molecule has 1 saturated carbocycles. The minimum atomic E-state index is -2.89. The van der Waals surface area contributed by atoms with Crippen LogP contribution >= 0.6 is 0 Å². The average molecular weight is 893 g/mol. The van der Waals surface area contributed by atoms with Gasteiger partial charge in [0, 0.05) is 77.1 Å². The predicted octanol–water partition coefficient (Wildman–Crippen LogP) is 4.86. The Kier molecular flexibility index (Phi) is 11.6. The third-order valence-corrected chi connectivity index (χ3v) is 13.8. The van der Waals surface area contributed by atoms with Crippen molar-refractivity contribution in [3.63, 3.8) is 0 Å². The summed E-state index contributed by atoms with van der Waals surface area (Å²) < 4.78 is 54.6. The van der Waals surface area contributed by atoms with Gasteiger partial charge in [0.2, 0.25) is 11.8 Å². The SMILES string of the molecule is CN1CC(C2CN(c3ccn4ncc(C(=O)Nc5cn([C@H]6CC[C@H](CN7CC=C(OCC#Cc8cccc9c(C%10CCC(=O)NC%10=O)nn(C)c89)[C@H](F)C7)CC6)nc5C(F)F)c4n3)C2)C1. The predicted molar refractivity (Wildman–Crippen MR) is 234 cm³/mol. The number of nitrogens with one attached hydrogen (secondary N) is 2. The smallest absolute Gasteiger partial charge is 0.284 e. The van der Waals surface area contributed by atoms with Crippen molar-refractivity contribution in [2.24, 2.45) is 24.8 Å². The molecular weight excluding hydrogens is 842 g/mol. The molecule has 65 heavy (non-hydrogen) atoms. The first kappa shape index (κ1) is 42.7. The minimum Gasteiger partial charge on any atom is -0.482 e. The molecule has 5 aliphatic rings. The highest BCUT2D eigenvalue weighted by molar-refractivity contribution is 6.08. The molecule has 5 aromatic rings. The zero-order valence-electron chi connectivity index (χ0n) is 36.3. The van der Waals surface area contributed by atoms with Gasteiger partial charge in [-0.2, -0.15) is 15.3 Å². The van der Waals surface area contributed by atoms with E-state index in [0.717, 1.165) is 55.7 Å². The summed E-state index contributed by atoms with van der Waals surface area (Å²) in [7, 11) is 3.91. The van der Waals surface area contributed by atoms with Gasteiger partial charge >= 0.3 is 0 Å². The molecule has 340 valence electrons. The Morgan fingerprint density at radius 1 is 1.02 bits per heavy atom. The molecular formula is C46H51F3N12O4. The van der Waals surface area contributed by atoms with Crippen molar-refractivity contribution < 1.29 is 32.3 Å². The third-order valence-electron chi connectivity index (χ3n) is 13.8. The highest BCUT2D eigenvalue weighted by Gasteiger charge is 2.39. The molecule has 8 heterocycles. The van der Waals surface area contributed by atoms with Gasteiger partial charge in [-0.05, 0) is 75.1 Å². The molecule has 1 unspecified atom stereocenters. The fraction of sp³-hybridized carbons (Fsp3) is 0.500. The number of hydrogen-bond acceptors (Lipinski definition) is 11. The second-order valence-corrected chi connectivity index (χ2v) is 18.2. The number of fused-ring (bicyclic) bond motifs is 2. The number of hydrogen-bond donors (Lipinski definition) is 2. The number of benzene rings is 1. The number of aromatic nitrogens is 7. The number of halogens is 3. The molecule has 19 heteroatoms. The zero-order valence-corrected chi connectivity index (χ0v) is 36.3. The molecule has 10 rings (SSSR count). The van der Waals surface area contributed by atoms with Gasteiger partial charge in [0.1, 0.15) is 23.7 Å². The Labute approximate surface area is 373 Å². The van der Waals surface area contributed by atoms with E-state index in [1.54, 1.807) is 28.7 Å². The summed E-state index contributed by atoms with van der Waals surface area (Å²) in [5, 5.41) is 19.0. The molecule has 4 aromatic heterocycles. The van der Waals surface area contributed by atoms with E-state index in [1.165, 1.54) is 16.9 Å². The molecule has 0 spiro atoms. The normalized spacial score (nSPS) is 23.5. The van der Waals surface area contributed by atoms with E-state index >= 15 is 4.39 Å². The molecule has 1 aromatic carbocycles. The number of imide groups is 1. The van der Waals surface area contributed by atoms with Gasteiger partial charge in [0.05, 0.1) is 40.6 Å². The van der Waals surface area contributed by atoms with Crippen LogP contribution in [0.5, 0.6) is 0 Å². The summed E-state index contributed by atoms with van der Waals surface area (Å²) in [6, 6.07) is 7.35. The van der Waals surface area contributed by atoms with Crippen LogP contribution in [0.2, 0.25) is 0 Å². The number of carbonyl (C=O) groups is 3. The highest BCUT2D eigenvalue weighted by Crippen LogP contribution is 2.37. The van der Waals surface area contributed by atoms with Gasteiger partial charge in [0.25, 0.3) is 12.3 Å². The van der Waals surface area contributed by atoms with Gasteiger partial charge in [-0.1, -0.05) is 24.0 Å². The number of likely N-dealkylation sites (tertiary alicyclic amines) is 1. The van der Waals surface area contributed by atoms with Crippen molar-refractivity contribution >= 4 is 45.8 Å². The first-order valence-corrected chi connectivity index (χ1v) is 22.4. The lowest BCUT2D eigenvalue weighted by molar-refractivity contribution is -0.134. The molecule has 2 N–H and O–H groups in total. The second kappa shape index (κ2) is 17.6. The van der Waals surface area contributed by atoms with Gasteiger partial charge in [-0.25, -0.2) is 22.7 Å². The van der Waals surface area contributed by atoms with E-state index in [9.17, 15) is 23.2 Å². The number of piperidine rings is 1. The fourth-order valence-electron chi connectivity index (χ4n) is 10.2. The fourth-order valence-corrected chi connectivity index (χ4v) is 10.2. The van der Waals surface area contributed by atoms with Crippen molar-refractivity contribution in [1.29, 1.82) is 0 Å². The lowest BCUT2D eigenvalue weighted by Gasteiger charge is -2.50. The van der Waals surface area contributed by atoms with E-state index in [-0.39, 0.29) is 54.4 Å². The van der Waals surface area contributed by atoms with Crippen molar-refractivity contribution in [3.8, 4) is 11.8 Å². The van der Waals surface area contributed by atoms with Gasteiger partial charge < -0.3 is 19.9 Å². The Morgan fingerprint density at radius 3 is 2.57 bits per heavy atom. The van der Waals surface area contributed by atoms with Crippen molar-refractivity contribution in [2.75, 3.05) is 69.7 Å². The van der Waals surface area contributed by atoms with Crippen molar-refractivity contribution in [2.45, 2.75) is 63.1 Å². The van der Waals surface area contributed by atoms with Crippen molar-refractivity contribution in [3.05, 3.63) is 77.2 Å². The lowest BCUT2D eigenvalue weighted by atomic mass is 9.81. The Hall–Kier alpha value is -6.26. The molecule has 3 amide bonds. The van der Waals surface area contributed by atoms with E-state index in [0.29, 0.717) is 67.0 Å². The summed E-state index contributed by atoms with van der Waals surface area (Å²) in [5.41, 5.74) is 2.09. The molecule has 1 aliphatic carbocycles. The molecule has 16 nitrogen and oxygen atoms in total. The number of ether oxygens (including phenoxy) is 1. The number of aryl methyl sites for hydroxylation is 1. The number of nitrogens with zero attached hydrogens (tertiary/aromatic N) is 10. The standard InChI is InChI=1S/C46H51F3N12O4/c1-56-21-29(22-56)30-23-59(24-30)38-15-17-60-44(52-38)34(19-50-60)46(64)51-36-26-61(55-41(36)43(48)49)31-10-8-27(9-11-31)20-58-16-14-37(35(47)25-58)65-18-4-6-28-5-3-7-32-40(54-57(2)42(28)32)33-12-13-39(62)53-45(33)63/h3,5,7,14-15,17,19,26-27,29-31,33,35,43H,8-13,16,18,20-25H2,1-2H3,(H,51,64)(H,53,62,63)/t27-,31-,33?,35-/m1/s1. The maximum Gasteiger partial charge on any atom is 0.284 e. The largest absolute Gasteiger partial charge is 0.482 e. The Bertz CT molecular complexity index is 2730. The summed E-state index contributed by atoms with van der Waals surface area (Å²) in [6.45, 7) is 5.45. The Morgan fingerprint density at radius 2 is 1.82 bits per heavy atom. The van der Waals surface area contributed by atoms with Crippen LogP contribution in [-0.4, -0.2) is 127 Å². The first-order chi connectivity index (χ1) is 31.4. The summed E-state index contributed by atoms with van der Waals surface area (Å²) in [4.78, 5) is 49.1. The zero-order chi connectivity index (χ0) is 44.9. The van der Waals surface area contributed by atoms with Crippen molar-refractivity contribution in [1.82, 2.24) is 49.3 Å². The van der Waals surface area contributed by atoms with Crippen LogP contribution in [-0.2, 0) is 21.4 Å². The highest BCUT2D eigenvalue weighted by atomic mass is 19.3. The van der Waals surface area contributed by atoms with E-state index in [4.69, 9.17) is 9.72 Å². The molecule has 2 atom stereocenters. The van der Waals surface area contributed by atoms with E-state index < -0.39 is 30.1 Å². The monoisotopic (exact) mass is 892 g/mol. The summed E-state index contributed by atoms with van der Waals surface area (Å²) in [5.74, 6) is 7.02. The van der Waals surface area contributed by atoms with Gasteiger partial charge in [-0.15, -0.1) is 0 Å².